The molecule has 1 aromatic carbocycles. The van der Waals surface area contributed by atoms with Gasteiger partial charge < -0.3 is 0 Å². The first-order chi connectivity index (χ1) is 12.6. The Morgan fingerprint density at radius 3 is 2.77 bits per heavy atom. The van der Waals surface area contributed by atoms with Crippen LogP contribution in [-0.4, -0.2) is 32.8 Å². The van der Waals surface area contributed by atoms with Gasteiger partial charge in [-0.2, -0.15) is 4.99 Å². The molecule has 3 rings (SSSR count). The summed E-state index contributed by atoms with van der Waals surface area (Å²) in [4.78, 5) is 17.8. The molecular formula is C17H16ClN5OS2. The van der Waals surface area contributed by atoms with Crippen molar-refractivity contribution in [1.29, 1.82) is 0 Å². The monoisotopic (exact) mass is 405 g/mol. The normalized spacial score (nSPS) is 17.5. The van der Waals surface area contributed by atoms with E-state index in [4.69, 9.17) is 11.6 Å². The van der Waals surface area contributed by atoms with Crippen molar-refractivity contribution in [3.05, 3.63) is 57.4 Å². The number of hydrazine groups is 1. The van der Waals surface area contributed by atoms with E-state index in [0.29, 0.717) is 26.8 Å². The zero-order valence-corrected chi connectivity index (χ0v) is 16.4. The Morgan fingerprint density at radius 1 is 1.35 bits per heavy atom. The lowest BCUT2D eigenvalue weighted by Crippen LogP contribution is -2.41. The maximum absolute atomic E-state index is 12.7. The largest absolute Gasteiger partial charge is 0.281 e. The summed E-state index contributed by atoms with van der Waals surface area (Å²) in [6.07, 6.45) is 4.29. The molecule has 1 N–H and O–H groups in total. The Hall–Kier alpha value is -2.00. The number of halogens is 1. The fourth-order valence-corrected chi connectivity index (χ4v) is 3.84. The Bertz CT molecular complexity index is 876. The Morgan fingerprint density at radius 2 is 2.12 bits per heavy atom. The minimum absolute atomic E-state index is 0.175. The molecule has 1 aromatic heterocycles. The molecule has 26 heavy (non-hydrogen) atoms. The molecule has 0 radical (unpaired) electrons. The highest BCUT2D eigenvalue weighted by molar-refractivity contribution is 8.18. The van der Waals surface area contributed by atoms with Gasteiger partial charge in [0.1, 0.15) is 5.01 Å². The molecule has 1 fully saturated rings. The van der Waals surface area contributed by atoms with E-state index in [2.05, 4.69) is 27.2 Å². The van der Waals surface area contributed by atoms with Gasteiger partial charge in [-0.25, -0.2) is 10.4 Å². The van der Waals surface area contributed by atoms with Crippen molar-refractivity contribution in [3.63, 3.8) is 0 Å². The topological polar surface area (TPSA) is 70.5 Å². The van der Waals surface area contributed by atoms with Crippen LogP contribution in [0.25, 0.3) is 6.08 Å². The second-order valence-electron chi connectivity index (χ2n) is 5.18. The van der Waals surface area contributed by atoms with Gasteiger partial charge >= 0.3 is 0 Å². The van der Waals surface area contributed by atoms with Crippen molar-refractivity contribution in [2.24, 2.45) is 4.99 Å². The third-order valence-corrected chi connectivity index (χ3v) is 5.50. The summed E-state index contributed by atoms with van der Waals surface area (Å²) in [5, 5.41) is 12.1. The second kappa shape index (κ2) is 8.59. The SMILES string of the molecule is C=CCNN1C(=O)C(=Cc2ccc(Cl)cc2)SC1=Nc1nnc(CC)s1. The lowest BCUT2D eigenvalue weighted by Gasteiger charge is -2.14. The molecule has 134 valence electrons. The summed E-state index contributed by atoms with van der Waals surface area (Å²) in [5.41, 5.74) is 3.89. The first-order valence-corrected chi connectivity index (χ1v) is 9.87. The third kappa shape index (κ3) is 4.39. The van der Waals surface area contributed by atoms with Gasteiger partial charge in [0.05, 0.1) is 4.91 Å². The number of aromatic nitrogens is 2. The number of benzene rings is 1. The van der Waals surface area contributed by atoms with E-state index in [1.807, 2.05) is 25.1 Å². The summed E-state index contributed by atoms with van der Waals surface area (Å²) in [7, 11) is 0. The maximum atomic E-state index is 12.7. The highest BCUT2D eigenvalue weighted by Crippen LogP contribution is 2.33. The van der Waals surface area contributed by atoms with Crippen molar-refractivity contribution in [3.8, 4) is 0 Å². The Kier molecular flexibility index (Phi) is 6.20. The zero-order valence-electron chi connectivity index (χ0n) is 14.0. The number of nitrogens with one attached hydrogen (secondary N) is 1. The molecular weight excluding hydrogens is 390 g/mol. The molecule has 0 atom stereocenters. The van der Waals surface area contributed by atoms with Gasteiger partial charge in [-0.1, -0.05) is 48.1 Å². The molecule has 1 amide bonds. The van der Waals surface area contributed by atoms with Crippen molar-refractivity contribution in [1.82, 2.24) is 20.6 Å². The number of hydrogen-bond acceptors (Lipinski definition) is 7. The first-order valence-electron chi connectivity index (χ1n) is 7.85. The van der Waals surface area contributed by atoms with Crippen molar-refractivity contribution in [2.45, 2.75) is 13.3 Å². The number of aryl methyl sites for hydroxylation is 1. The van der Waals surface area contributed by atoms with E-state index in [1.165, 1.54) is 28.1 Å². The maximum Gasteiger partial charge on any atom is 0.281 e. The smallest absolute Gasteiger partial charge is 0.267 e. The average molecular weight is 406 g/mol. The quantitative estimate of drug-likeness (QED) is 0.580. The number of nitrogens with zero attached hydrogens (tertiary/aromatic N) is 4. The number of carbonyl (C=O) groups is 1. The van der Waals surface area contributed by atoms with Gasteiger partial charge in [-0.05, 0) is 42.0 Å². The molecule has 2 heterocycles. The third-order valence-electron chi connectivity index (χ3n) is 3.32. The van der Waals surface area contributed by atoms with E-state index in [0.717, 1.165) is 17.0 Å². The summed E-state index contributed by atoms with van der Waals surface area (Å²) in [6.45, 7) is 6.12. The number of carbonyl (C=O) groups excluding carboxylic acids is 1. The molecule has 0 bridgehead atoms. The highest BCUT2D eigenvalue weighted by Gasteiger charge is 2.33. The van der Waals surface area contributed by atoms with E-state index in [9.17, 15) is 4.79 Å². The summed E-state index contributed by atoms with van der Waals surface area (Å²) >= 11 is 8.61. The predicted molar refractivity (Wildman–Crippen MR) is 108 cm³/mol. The molecule has 6 nitrogen and oxygen atoms in total. The fraction of sp³-hybridized carbons (Fsp3) is 0.176. The molecule has 1 aliphatic rings. The number of aliphatic imine (C=N–C) groups is 1. The number of amidine groups is 1. The van der Waals surface area contributed by atoms with Crippen molar-refractivity contribution >= 4 is 57.0 Å². The van der Waals surface area contributed by atoms with Crippen LogP contribution in [0.15, 0.2) is 46.8 Å². The molecule has 0 unspecified atom stereocenters. The van der Waals surface area contributed by atoms with Crippen LogP contribution < -0.4 is 5.43 Å². The molecule has 2 aromatic rings. The first kappa shape index (κ1) is 18.8. The predicted octanol–water partition coefficient (Wildman–Crippen LogP) is 4.05. The lowest BCUT2D eigenvalue weighted by molar-refractivity contribution is -0.124. The minimum atomic E-state index is -0.175. The molecule has 9 heteroatoms. The lowest BCUT2D eigenvalue weighted by atomic mass is 10.2. The molecule has 0 saturated carbocycles. The standard InChI is InChI=1S/C17H16ClN5OS2/c1-3-9-19-23-15(24)13(10-11-5-7-12(18)8-6-11)25-17(23)20-16-22-21-14(4-2)26-16/h3,5-8,10,19H,1,4,9H2,2H3. The van der Waals surface area contributed by atoms with E-state index in [1.54, 1.807) is 18.2 Å². The number of hydrogen-bond donors (Lipinski definition) is 1. The Balaban J connectivity index is 1.90. The van der Waals surface area contributed by atoms with Gasteiger partial charge in [0.15, 0.2) is 5.17 Å². The fourth-order valence-electron chi connectivity index (χ4n) is 2.07. The van der Waals surface area contributed by atoms with Crippen LogP contribution in [0.4, 0.5) is 5.13 Å². The molecule has 0 aliphatic carbocycles. The molecule has 1 saturated heterocycles. The van der Waals surface area contributed by atoms with E-state index in [-0.39, 0.29) is 5.91 Å². The Labute approximate surface area is 164 Å². The van der Waals surface area contributed by atoms with Crippen molar-refractivity contribution in [2.75, 3.05) is 6.54 Å². The van der Waals surface area contributed by atoms with Crippen LogP contribution in [0.2, 0.25) is 5.02 Å². The highest BCUT2D eigenvalue weighted by atomic mass is 35.5. The van der Waals surface area contributed by atoms with Crippen LogP contribution in [-0.2, 0) is 11.2 Å². The van der Waals surface area contributed by atoms with Gasteiger partial charge in [-0.3, -0.25) is 4.79 Å². The number of amides is 1. The van der Waals surface area contributed by atoms with Crippen LogP contribution in [0.1, 0.15) is 17.5 Å². The summed E-state index contributed by atoms with van der Waals surface area (Å²) < 4.78 is 0. The molecule has 0 spiro atoms. The van der Waals surface area contributed by atoms with Gasteiger partial charge in [0.25, 0.3) is 5.91 Å². The van der Waals surface area contributed by atoms with Gasteiger partial charge in [-0.15, -0.1) is 16.8 Å². The minimum Gasteiger partial charge on any atom is -0.267 e. The number of thioether (sulfide) groups is 1. The van der Waals surface area contributed by atoms with Gasteiger partial charge in [0, 0.05) is 11.6 Å². The average Bonchev–Trinajstić information content (AvgIpc) is 3.21. The van der Waals surface area contributed by atoms with Crippen LogP contribution in [0.3, 0.4) is 0 Å². The summed E-state index contributed by atoms with van der Waals surface area (Å²) in [5.74, 6) is -0.175. The zero-order chi connectivity index (χ0) is 18.5. The molecule has 1 aliphatic heterocycles. The van der Waals surface area contributed by atoms with Crippen LogP contribution in [0.5, 0.6) is 0 Å². The van der Waals surface area contributed by atoms with Crippen LogP contribution in [0, 0.1) is 0 Å². The van der Waals surface area contributed by atoms with Gasteiger partial charge in [0.2, 0.25) is 5.13 Å². The van der Waals surface area contributed by atoms with E-state index < -0.39 is 0 Å². The number of rotatable bonds is 6. The van der Waals surface area contributed by atoms with Crippen LogP contribution >= 0.6 is 34.7 Å². The van der Waals surface area contributed by atoms with E-state index >= 15 is 0 Å². The van der Waals surface area contributed by atoms with Crippen molar-refractivity contribution < 1.29 is 4.79 Å². The summed E-state index contributed by atoms with van der Waals surface area (Å²) in [6, 6.07) is 7.29. The second-order valence-corrected chi connectivity index (χ2v) is 7.67.